The van der Waals surface area contributed by atoms with Crippen molar-refractivity contribution >= 4 is 11.8 Å². The molecule has 0 aliphatic carbocycles. The predicted octanol–water partition coefficient (Wildman–Crippen LogP) is 2.27. The van der Waals surface area contributed by atoms with E-state index in [0.717, 1.165) is 16.9 Å². The maximum Gasteiger partial charge on any atom is 0.312 e. The SMILES string of the molecule is Cc1cccnc1N1CC[C@](Cc2ccccc2)(C(=O)O)[C@@H](O)C1. The number of carboxylic acid groups (broad SMARTS) is 1. The highest BCUT2D eigenvalue weighted by Crippen LogP contribution is 2.37. The number of carbonyl (C=O) groups is 1. The van der Waals surface area contributed by atoms with Gasteiger partial charge < -0.3 is 15.1 Å². The largest absolute Gasteiger partial charge is 0.481 e. The van der Waals surface area contributed by atoms with Gasteiger partial charge in [0.05, 0.1) is 6.10 Å². The summed E-state index contributed by atoms with van der Waals surface area (Å²) < 4.78 is 0. The molecular weight excluding hydrogens is 304 g/mol. The third-order valence-electron chi connectivity index (χ3n) is 4.93. The molecule has 2 N–H and O–H groups in total. The molecule has 0 saturated carbocycles. The zero-order valence-electron chi connectivity index (χ0n) is 13.7. The van der Waals surface area contributed by atoms with Crippen molar-refractivity contribution in [3.63, 3.8) is 0 Å². The van der Waals surface area contributed by atoms with Gasteiger partial charge in [0.25, 0.3) is 0 Å². The molecule has 1 aliphatic heterocycles. The van der Waals surface area contributed by atoms with Crippen molar-refractivity contribution in [2.45, 2.75) is 25.9 Å². The summed E-state index contributed by atoms with van der Waals surface area (Å²) in [6.07, 6.45) is 1.48. The smallest absolute Gasteiger partial charge is 0.312 e. The number of aryl methyl sites for hydroxylation is 1. The van der Waals surface area contributed by atoms with Crippen LogP contribution in [-0.4, -0.2) is 40.4 Å². The van der Waals surface area contributed by atoms with Gasteiger partial charge >= 0.3 is 5.97 Å². The van der Waals surface area contributed by atoms with Gasteiger partial charge in [-0.3, -0.25) is 4.79 Å². The number of hydrogen-bond donors (Lipinski definition) is 2. The fourth-order valence-electron chi connectivity index (χ4n) is 3.47. The zero-order chi connectivity index (χ0) is 17.2. The lowest BCUT2D eigenvalue weighted by molar-refractivity contribution is -0.158. The Hall–Kier alpha value is -2.40. The molecule has 2 atom stereocenters. The molecule has 1 aromatic carbocycles. The lowest BCUT2D eigenvalue weighted by Gasteiger charge is -2.43. The Morgan fingerprint density at radius 2 is 2.04 bits per heavy atom. The number of pyridine rings is 1. The first kappa shape index (κ1) is 16.5. The van der Waals surface area contributed by atoms with Crippen LogP contribution in [0.5, 0.6) is 0 Å². The number of rotatable bonds is 4. The molecule has 1 fully saturated rings. The van der Waals surface area contributed by atoms with Crippen LogP contribution in [0.4, 0.5) is 5.82 Å². The number of aliphatic carboxylic acids is 1. The summed E-state index contributed by atoms with van der Waals surface area (Å²) in [7, 11) is 0. The molecule has 0 spiro atoms. The van der Waals surface area contributed by atoms with Gasteiger partial charge in [-0.25, -0.2) is 4.98 Å². The summed E-state index contributed by atoms with van der Waals surface area (Å²) in [6.45, 7) is 2.81. The summed E-state index contributed by atoms with van der Waals surface area (Å²) in [5.74, 6) is -0.119. The third-order valence-corrected chi connectivity index (χ3v) is 4.93. The first-order chi connectivity index (χ1) is 11.5. The highest BCUT2D eigenvalue weighted by molar-refractivity contribution is 5.76. The van der Waals surface area contributed by atoms with Crippen LogP contribution in [0.3, 0.4) is 0 Å². The molecule has 0 radical (unpaired) electrons. The molecule has 2 aromatic rings. The van der Waals surface area contributed by atoms with Crippen LogP contribution in [0.15, 0.2) is 48.7 Å². The van der Waals surface area contributed by atoms with Gasteiger partial charge in [-0.15, -0.1) is 0 Å². The summed E-state index contributed by atoms with van der Waals surface area (Å²) in [4.78, 5) is 18.4. The molecule has 3 rings (SSSR count). The number of benzene rings is 1. The van der Waals surface area contributed by atoms with E-state index in [9.17, 15) is 15.0 Å². The van der Waals surface area contributed by atoms with Gasteiger partial charge in [0.2, 0.25) is 0 Å². The molecule has 126 valence electrons. The van der Waals surface area contributed by atoms with Gasteiger partial charge in [0, 0.05) is 19.3 Å². The van der Waals surface area contributed by atoms with Crippen LogP contribution < -0.4 is 4.90 Å². The Labute approximate surface area is 141 Å². The maximum atomic E-state index is 12.0. The van der Waals surface area contributed by atoms with Crippen LogP contribution in [0.2, 0.25) is 0 Å². The van der Waals surface area contributed by atoms with E-state index in [2.05, 4.69) is 4.98 Å². The van der Waals surface area contributed by atoms with E-state index in [-0.39, 0.29) is 6.54 Å². The highest BCUT2D eigenvalue weighted by Gasteiger charge is 2.49. The van der Waals surface area contributed by atoms with E-state index < -0.39 is 17.5 Å². The molecular formula is C19H22N2O3. The molecule has 1 saturated heterocycles. The van der Waals surface area contributed by atoms with Crippen LogP contribution >= 0.6 is 0 Å². The molecule has 24 heavy (non-hydrogen) atoms. The van der Waals surface area contributed by atoms with Crippen molar-refractivity contribution < 1.29 is 15.0 Å². The minimum absolute atomic E-state index is 0.275. The Kier molecular flexibility index (Phi) is 4.53. The fourth-order valence-corrected chi connectivity index (χ4v) is 3.47. The second-order valence-electron chi connectivity index (χ2n) is 6.48. The van der Waals surface area contributed by atoms with Gasteiger partial charge in [0.1, 0.15) is 11.2 Å². The van der Waals surface area contributed by atoms with Crippen LogP contribution in [0.25, 0.3) is 0 Å². The van der Waals surface area contributed by atoms with E-state index >= 15 is 0 Å². The first-order valence-electron chi connectivity index (χ1n) is 8.15. The number of hydrogen-bond acceptors (Lipinski definition) is 4. The van der Waals surface area contributed by atoms with E-state index in [1.165, 1.54) is 0 Å². The Bertz CT molecular complexity index is 720. The molecule has 0 bridgehead atoms. The van der Waals surface area contributed by atoms with Crippen LogP contribution in [0, 0.1) is 12.3 Å². The summed E-state index contributed by atoms with van der Waals surface area (Å²) in [6, 6.07) is 13.3. The van der Waals surface area contributed by atoms with Crippen molar-refractivity contribution in [3.05, 3.63) is 59.8 Å². The Balaban J connectivity index is 1.84. The third kappa shape index (κ3) is 2.99. The van der Waals surface area contributed by atoms with Crippen LogP contribution in [0.1, 0.15) is 17.5 Å². The second-order valence-corrected chi connectivity index (χ2v) is 6.48. The van der Waals surface area contributed by atoms with Gasteiger partial charge in [0.15, 0.2) is 0 Å². The monoisotopic (exact) mass is 326 g/mol. The average Bonchev–Trinajstić information content (AvgIpc) is 2.58. The maximum absolute atomic E-state index is 12.0. The summed E-state index contributed by atoms with van der Waals surface area (Å²) in [5.41, 5.74) is 0.803. The number of β-amino-alcohol motifs (C(OH)–C–C–N with tert-alkyl or cyclic N) is 1. The van der Waals surface area contributed by atoms with Crippen molar-refractivity contribution in [3.8, 4) is 0 Å². The lowest BCUT2D eigenvalue weighted by atomic mass is 9.71. The van der Waals surface area contributed by atoms with Gasteiger partial charge in [-0.2, -0.15) is 0 Å². The van der Waals surface area contributed by atoms with Crippen molar-refractivity contribution in [1.29, 1.82) is 0 Å². The average molecular weight is 326 g/mol. The Morgan fingerprint density at radius 1 is 1.29 bits per heavy atom. The van der Waals surface area contributed by atoms with Gasteiger partial charge in [-0.1, -0.05) is 36.4 Å². The predicted molar refractivity (Wildman–Crippen MR) is 92.0 cm³/mol. The second kappa shape index (κ2) is 6.61. The van der Waals surface area contributed by atoms with E-state index in [1.54, 1.807) is 6.20 Å². The number of carboxylic acids is 1. The van der Waals surface area contributed by atoms with Crippen molar-refractivity contribution in [2.24, 2.45) is 5.41 Å². The number of piperidine rings is 1. The number of aliphatic hydroxyl groups is 1. The van der Waals surface area contributed by atoms with Gasteiger partial charge in [-0.05, 0) is 37.0 Å². The zero-order valence-corrected chi connectivity index (χ0v) is 13.7. The summed E-state index contributed by atoms with van der Waals surface area (Å²) >= 11 is 0. The number of anilines is 1. The molecule has 2 heterocycles. The minimum atomic E-state index is -1.15. The molecule has 0 amide bonds. The normalized spacial score (nSPS) is 23.9. The molecule has 1 aromatic heterocycles. The lowest BCUT2D eigenvalue weighted by Crippen LogP contribution is -2.56. The Morgan fingerprint density at radius 3 is 2.67 bits per heavy atom. The van der Waals surface area contributed by atoms with Crippen LogP contribution in [-0.2, 0) is 11.2 Å². The minimum Gasteiger partial charge on any atom is -0.481 e. The standard InChI is InChI=1S/C19H22N2O3/c1-14-6-5-10-20-17(14)21-11-9-19(18(23)24,16(22)13-21)12-15-7-3-2-4-8-15/h2-8,10,16,22H,9,11-13H2,1H3,(H,23,24)/t16-,19+/m0/s1. The first-order valence-corrected chi connectivity index (χ1v) is 8.15. The van der Waals surface area contributed by atoms with E-state index in [1.807, 2.05) is 54.3 Å². The number of aromatic nitrogens is 1. The van der Waals surface area contributed by atoms with E-state index in [0.29, 0.717) is 19.4 Å². The highest BCUT2D eigenvalue weighted by atomic mass is 16.4. The van der Waals surface area contributed by atoms with E-state index in [4.69, 9.17) is 0 Å². The number of aliphatic hydroxyl groups excluding tert-OH is 1. The molecule has 0 unspecified atom stereocenters. The van der Waals surface area contributed by atoms with Crippen molar-refractivity contribution in [1.82, 2.24) is 4.98 Å². The molecule has 5 heteroatoms. The number of nitrogens with zero attached hydrogens (tertiary/aromatic N) is 2. The summed E-state index contributed by atoms with van der Waals surface area (Å²) in [5, 5.41) is 20.6. The van der Waals surface area contributed by atoms with Crippen molar-refractivity contribution in [2.75, 3.05) is 18.0 Å². The quantitative estimate of drug-likeness (QED) is 0.902. The molecule has 1 aliphatic rings. The fraction of sp³-hybridized carbons (Fsp3) is 0.368. The topological polar surface area (TPSA) is 73.7 Å². The molecule has 5 nitrogen and oxygen atoms in total.